The highest BCUT2D eigenvalue weighted by Crippen LogP contribution is 2.20. The van der Waals surface area contributed by atoms with E-state index in [4.69, 9.17) is 0 Å². The van der Waals surface area contributed by atoms with Gasteiger partial charge in [-0.3, -0.25) is 0 Å². The summed E-state index contributed by atoms with van der Waals surface area (Å²) in [6.07, 6.45) is 0. The Morgan fingerprint density at radius 1 is 1.20 bits per heavy atom. The van der Waals surface area contributed by atoms with Crippen LogP contribution in [0.2, 0.25) is 0 Å². The number of amides is 4. The Hall–Kier alpha value is -1.76. The third kappa shape index (κ3) is 5.48. The number of hydrogen-bond acceptors (Lipinski definition) is 2. The summed E-state index contributed by atoms with van der Waals surface area (Å²) in [6.45, 7) is 2.65. The maximum absolute atomic E-state index is 11.7. The van der Waals surface area contributed by atoms with Gasteiger partial charge >= 0.3 is 12.1 Å². The molecule has 0 atom stereocenters. The molecule has 0 spiro atoms. The van der Waals surface area contributed by atoms with E-state index < -0.39 is 0 Å². The van der Waals surface area contributed by atoms with E-state index in [9.17, 15) is 9.59 Å². The number of anilines is 1. The molecule has 0 saturated heterocycles. The maximum atomic E-state index is 11.7. The number of carbonyl (C=O) groups excluding carboxylic acids is 2. The standard InChI is InChI=1S/C13H19BrN4O2/c1-9-4-5-10(14)8-11(9)17-12(19)15-6-7-16-13(20)18(2)3/h4-5,8H,6-7H2,1-3H3,(H,16,20)(H2,15,17,19). The van der Waals surface area contributed by atoms with Crippen molar-refractivity contribution in [1.82, 2.24) is 15.5 Å². The van der Waals surface area contributed by atoms with Crippen LogP contribution in [0.25, 0.3) is 0 Å². The highest BCUT2D eigenvalue weighted by molar-refractivity contribution is 9.10. The first-order chi connectivity index (χ1) is 9.40. The molecule has 20 heavy (non-hydrogen) atoms. The van der Waals surface area contributed by atoms with Gasteiger partial charge in [-0.25, -0.2) is 9.59 Å². The Bertz CT molecular complexity index is 491. The Morgan fingerprint density at radius 2 is 1.85 bits per heavy atom. The maximum Gasteiger partial charge on any atom is 0.319 e. The minimum absolute atomic E-state index is 0.185. The van der Waals surface area contributed by atoms with Gasteiger partial charge in [0, 0.05) is 37.3 Å². The molecule has 1 aromatic carbocycles. The molecule has 0 radical (unpaired) electrons. The van der Waals surface area contributed by atoms with Gasteiger partial charge in [-0.15, -0.1) is 0 Å². The summed E-state index contributed by atoms with van der Waals surface area (Å²) in [5.74, 6) is 0. The molecule has 1 rings (SSSR count). The molecule has 110 valence electrons. The number of aryl methyl sites for hydroxylation is 1. The lowest BCUT2D eigenvalue weighted by Crippen LogP contribution is -2.40. The highest BCUT2D eigenvalue weighted by atomic mass is 79.9. The molecule has 0 bridgehead atoms. The number of rotatable bonds is 4. The second-order valence-corrected chi connectivity index (χ2v) is 5.38. The van der Waals surface area contributed by atoms with Gasteiger partial charge < -0.3 is 20.9 Å². The fourth-order valence-corrected chi connectivity index (χ4v) is 1.76. The fourth-order valence-electron chi connectivity index (χ4n) is 1.40. The number of halogens is 1. The van der Waals surface area contributed by atoms with Crippen LogP contribution in [-0.4, -0.2) is 44.1 Å². The lowest BCUT2D eigenvalue weighted by molar-refractivity contribution is 0.217. The average Bonchev–Trinajstić information content (AvgIpc) is 2.38. The van der Waals surface area contributed by atoms with Crippen molar-refractivity contribution in [3.8, 4) is 0 Å². The average molecular weight is 343 g/mol. The van der Waals surface area contributed by atoms with Crippen molar-refractivity contribution < 1.29 is 9.59 Å². The molecular weight excluding hydrogens is 324 g/mol. The summed E-state index contributed by atoms with van der Waals surface area (Å²) in [7, 11) is 3.32. The van der Waals surface area contributed by atoms with Crippen molar-refractivity contribution in [1.29, 1.82) is 0 Å². The molecule has 0 heterocycles. The number of nitrogens with zero attached hydrogens (tertiary/aromatic N) is 1. The van der Waals surface area contributed by atoms with Crippen LogP contribution < -0.4 is 16.0 Å². The van der Waals surface area contributed by atoms with E-state index in [0.717, 1.165) is 15.7 Å². The van der Waals surface area contributed by atoms with E-state index in [1.165, 1.54) is 4.90 Å². The zero-order valence-corrected chi connectivity index (χ0v) is 13.4. The molecular formula is C13H19BrN4O2. The van der Waals surface area contributed by atoms with E-state index in [0.29, 0.717) is 13.1 Å². The largest absolute Gasteiger partial charge is 0.336 e. The summed E-state index contributed by atoms with van der Waals surface area (Å²) >= 11 is 3.36. The smallest absolute Gasteiger partial charge is 0.319 e. The Balaban J connectivity index is 2.34. The summed E-state index contributed by atoms with van der Waals surface area (Å²) in [6, 6.07) is 5.18. The molecule has 1 aromatic rings. The molecule has 4 amide bonds. The normalized spacial score (nSPS) is 9.80. The van der Waals surface area contributed by atoms with Gasteiger partial charge in [0.05, 0.1) is 0 Å². The molecule has 6 nitrogen and oxygen atoms in total. The topological polar surface area (TPSA) is 73.5 Å². The first-order valence-electron chi connectivity index (χ1n) is 6.16. The Morgan fingerprint density at radius 3 is 2.50 bits per heavy atom. The van der Waals surface area contributed by atoms with Crippen LogP contribution in [0, 0.1) is 6.92 Å². The van der Waals surface area contributed by atoms with E-state index in [-0.39, 0.29) is 12.1 Å². The van der Waals surface area contributed by atoms with Gasteiger partial charge in [-0.2, -0.15) is 0 Å². The van der Waals surface area contributed by atoms with Gasteiger partial charge in [0.25, 0.3) is 0 Å². The summed E-state index contributed by atoms with van der Waals surface area (Å²) < 4.78 is 0.900. The molecule has 0 aromatic heterocycles. The zero-order valence-electron chi connectivity index (χ0n) is 11.8. The van der Waals surface area contributed by atoms with E-state index >= 15 is 0 Å². The van der Waals surface area contributed by atoms with Crippen LogP contribution in [0.4, 0.5) is 15.3 Å². The van der Waals surface area contributed by atoms with Crippen molar-refractivity contribution in [2.24, 2.45) is 0 Å². The van der Waals surface area contributed by atoms with Crippen molar-refractivity contribution in [2.75, 3.05) is 32.5 Å². The third-order valence-corrected chi connectivity index (χ3v) is 3.03. The van der Waals surface area contributed by atoms with Crippen molar-refractivity contribution >= 4 is 33.7 Å². The second-order valence-electron chi connectivity index (χ2n) is 4.47. The molecule has 0 aliphatic rings. The minimum Gasteiger partial charge on any atom is -0.336 e. The van der Waals surface area contributed by atoms with E-state index in [1.54, 1.807) is 14.1 Å². The minimum atomic E-state index is -0.301. The monoisotopic (exact) mass is 342 g/mol. The van der Waals surface area contributed by atoms with Gasteiger partial charge in [0.15, 0.2) is 0 Å². The number of benzene rings is 1. The number of nitrogens with one attached hydrogen (secondary N) is 3. The van der Waals surface area contributed by atoms with Crippen LogP contribution in [0.3, 0.4) is 0 Å². The number of carbonyl (C=O) groups is 2. The molecule has 0 aliphatic carbocycles. The van der Waals surface area contributed by atoms with Crippen LogP contribution >= 0.6 is 15.9 Å². The second kappa shape index (κ2) is 7.74. The van der Waals surface area contributed by atoms with Crippen LogP contribution in [-0.2, 0) is 0 Å². The lowest BCUT2D eigenvalue weighted by Gasteiger charge is -2.13. The quantitative estimate of drug-likeness (QED) is 0.733. The van der Waals surface area contributed by atoms with Crippen LogP contribution in [0.15, 0.2) is 22.7 Å². The van der Waals surface area contributed by atoms with Crippen molar-refractivity contribution in [3.63, 3.8) is 0 Å². The summed E-state index contributed by atoms with van der Waals surface area (Å²) in [5, 5.41) is 8.09. The van der Waals surface area contributed by atoms with E-state index in [1.807, 2.05) is 25.1 Å². The predicted molar refractivity (Wildman–Crippen MR) is 83.0 cm³/mol. The molecule has 0 aliphatic heterocycles. The summed E-state index contributed by atoms with van der Waals surface area (Å²) in [5.41, 5.74) is 1.72. The third-order valence-electron chi connectivity index (χ3n) is 2.54. The van der Waals surface area contributed by atoms with Crippen molar-refractivity contribution in [2.45, 2.75) is 6.92 Å². The highest BCUT2D eigenvalue weighted by Gasteiger charge is 2.05. The molecule has 0 fully saturated rings. The molecule has 0 unspecified atom stereocenters. The van der Waals surface area contributed by atoms with Gasteiger partial charge in [-0.05, 0) is 24.6 Å². The first kappa shape index (κ1) is 16.3. The zero-order chi connectivity index (χ0) is 15.1. The predicted octanol–water partition coefficient (Wildman–Crippen LogP) is 2.15. The van der Waals surface area contributed by atoms with Gasteiger partial charge in [-0.1, -0.05) is 22.0 Å². The fraction of sp³-hybridized carbons (Fsp3) is 0.385. The van der Waals surface area contributed by atoms with Crippen molar-refractivity contribution in [3.05, 3.63) is 28.2 Å². The number of urea groups is 2. The number of hydrogen-bond donors (Lipinski definition) is 3. The van der Waals surface area contributed by atoms with Gasteiger partial charge in [0.2, 0.25) is 0 Å². The lowest BCUT2D eigenvalue weighted by atomic mass is 10.2. The Labute approximate surface area is 127 Å². The SMILES string of the molecule is Cc1ccc(Br)cc1NC(=O)NCCNC(=O)N(C)C. The summed E-state index contributed by atoms with van der Waals surface area (Å²) in [4.78, 5) is 24.4. The molecule has 0 saturated carbocycles. The Kier molecular flexibility index (Phi) is 6.30. The van der Waals surface area contributed by atoms with Crippen LogP contribution in [0.5, 0.6) is 0 Å². The van der Waals surface area contributed by atoms with E-state index in [2.05, 4.69) is 31.9 Å². The molecule has 7 heteroatoms. The first-order valence-corrected chi connectivity index (χ1v) is 6.95. The van der Waals surface area contributed by atoms with Gasteiger partial charge in [0.1, 0.15) is 0 Å². The molecule has 3 N–H and O–H groups in total. The van der Waals surface area contributed by atoms with Crippen LogP contribution in [0.1, 0.15) is 5.56 Å².